The number of para-hydroxylation sites is 1. The zero-order valence-corrected chi connectivity index (χ0v) is 20.5. The average Bonchev–Trinajstić information content (AvgIpc) is 2.84. The highest BCUT2D eigenvalue weighted by atomic mass is 32.2. The molecule has 0 radical (unpaired) electrons. The predicted molar refractivity (Wildman–Crippen MR) is 134 cm³/mol. The Hall–Kier alpha value is -2.84. The number of nitrogens with zero attached hydrogens (tertiary/aromatic N) is 2. The van der Waals surface area contributed by atoms with Crippen LogP contribution in [-0.2, 0) is 16.6 Å². The summed E-state index contributed by atoms with van der Waals surface area (Å²) in [5.74, 6) is 0.581. The SMILES string of the molecule is Cc1cccc2cc(CN(C3CCCCC3)S(=O)(=O)c3ccc4c(c3)OCCN4C)c(=O)[nH]c12. The Kier molecular flexibility index (Phi) is 6.12. The van der Waals surface area contributed by atoms with Gasteiger partial charge in [0, 0.05) is 31.3 Å². The van der Waals surface area contributed by atoms with Crippen LogP contribution in [0.1, 0.15) is 43.2 Å². The maximum absolute atomic E-state index is 14.0. The minimum absolute atomic E-state index is 0.0457. The summed E-state index contributed by atoms with van der Waals surface area (Å²) in [4.78, 5) is 18.2. The number of hydrogen-bond acceptors (Lipinski definition) is 5. The van der Waals surface area contributed by atoms with E-state index in [1.54, 1.807) is 16.4 Å². The molecule has 2 aliphatic rings. The van der Waals surface area contributed by atoms with Crippen LogP contribution in [-0.4, -0.2) is 43.9 Å². The first-order valence-corrected chi connectivity index (χ1v) is 13.4. The first kappa shape index (κ1) is 22.9. The van der Waals surface area contributed by atoms with Gasteiger partial charge in [0.1, 0.15) is 12.4 Å². The summed E-state index contributed by atoms with van der Waals surface area (Å²) in [7, 11) is -1.88. The number of aryl methyl sites for hydroxylation is 1. The van der Waals surface area contributed by atoms with E-state index in [1.807, 2.05) is 44.3 Å². The number of fused-ring (bicyclic) bond motifs is 2. The third-order valence-corrected chi connectivity index (χ3v) is 9.00. The lowest BCUT2D eigenvalue weighted by molar-refractivity contribution is 0.247. The van der Waals surface area contributed by atoms with E-state index in [2.05, 4.69) is 9.88 Å². The first-order valence-electron chi connectivity index (χ1n) is 12.0. The molecule has 1 fully saturated rings. The van der Waals surface area contributed by atoms with Crippen LogP contribution in [0.5, 0.6) is 5.75 Å². The fourth-order valence-electron chi connectivity index (χ4n) is 5.13. The van der Waals surface area contributed by atoms with Crippen molar-refractivity contribution in [2.75, 3.05) is 25.1 Å². The van der Waals surface area contributed by atoms with E-state index in [-0.39, 0.29) is 23.0 Å². The lowest BCUT2D eigenvalue weighted by atomic mass is 9.95. The van der Waals surface area contributed by atoms with Crippen LogP contribution < -0.4 is 15.2 Å². The van der Waals surface area contributed by atoms with Crippen LogP contribution in [0.2, 0.25) is 0 Å². The van der Waals surface area contributed by atoms with Gasteiger partial charge in [-0.1, -0.05) is 37.5 Å². The molecule has 1 aromatic heterocycles. The number of hydrogen-bond donors (Lipinski definition) is 1. The zero-order chi connectivity index (χ0) is 23.9. The minimum Gasteiger partial charge on any atom is -0.490 e. The van der Waals surface area contributed by atoms with E-state index in [4.69, 9.17) is 4.74 Å². The number of aromatic amines is 1. The molecule has 0 atom stereocenters. The molecule has 2 heterocycles. The van der Waals surface area contributed by atoms with Gasteiger partial charge in [0.25, 0.3) is 5.56 Å². The largest absolute Gasteiger partial charge is 0.490 e. The number of anilines is 1. The first-order chi connectivity index (χ1) is 16.3. The third-order valence-electron chi connectivity index (χ3n) is 7.11. The Morgan fingerprint density at radius 3 is 2.71 bits per heavy atom. The highest BCUT2D eigenvalue weighted by Crippen LogP contribution is 2.36. The van der Waals surface area contributed by atoms with Crippen molar-refractivity contribution in [2.24, 2.45) is 0 Å². The van der Waals surface area contributed by atoms with Gasteiger partial charge in [-0.25, -0.2) is 8.42 Å². The number of rotatable bonds is 5. The summed E-state index contributed by atoms with van der Waals surface area (Å²) < 4.78 is 35.3. The Morgan fingerprint density at radius 1 is 1.12 bits per heavy atom. The number of sulfonamides is 1. The van der Waals surface area contributed by atoms with Gasteiger partial charge in [-0.3, -0.25) is 4.79 Å². The van der Waals surface area contributed by atoms with Crippen molar-refractivity contribution in [3.8, 4) is 5.75 Å². The molecule has 7 nitrogen and oxygen atoms in total. The summed E-state index contributed by atoms with van der Waals surface area (Å²) in [6.07, 6.45) is 4.69. The standard InChI is InChI=1S/C26H31N3O4S/c1-18-7-6-8-19-15-20(26(30)27-25(18)19)17-29(21-9-4-3-5-10-21)34(31,32)22-11-12-23-24(16-22)33-14-13-28(23)2/h6-8,11-12,15-16,21H,3-5,9-10,13-14,17H2,1-2H3,(H,27,30). The second-order valence-corrected chi connectivity index (χ2v) is 11.3. The predicted octanol–water partition coefficient (Wildman–Crippen LogP) is 4.19. The molecular weight excluding hydrogens is 450 g/mol. The number of aromatic nitrogens is 1. The van der Waals surface area contributed by atoms with Gasteiger partial charge < -0.3 is 14.6 Å². The van der Waals surface area contributed by atoms with Crippen LogP contribution in [0, 0.1) is 6.92 Å². The Labute approximate surface area is 200 Å². The third kappa shape index (κ3) is 4.20. The van der Waals surface area contributed by atoms with Gasteiger partial charge in [-0.05, 0) is 48.9 Å². The highest BCUT2D eigenvalue weighted by Gasteiger charge is 2.34. The molecular formula is C26H31N3O4S. The van der Waals surface area contributed by atoms with E-state index < -0.39 is 10.0 Å². The maximum atomic E-state index is 14.0. The van der Waals surface area contributed by atoms with E-state index in [0.717, 1.165) is 60.8 Å². The summed E-state index contributed by atoms with van der Waals surface area (Å²) in [6.45, 7) is 3.28. The van der Waals surface area contributed by atoms with Gasteiger partial charge in [-0.2, -0.15) is 4.31 Å². The summed E-state index contributed by atoms with van der Waals surface area (Å²) in [6, 6.07) is 12.6. The second-order valence-electron chi connectivity index (χ2n) is 9.40. The van der Waals surface area contributed by atoms with E-state index in [9.17, 15) is 13.2 Å². The highest BCUT2D eigenvalue weighted by molar-refractivity contribution is 7.89. The molecule has 0 unspecified atom stereocenters. The molecule has 0 spiro atoms. The fraction of sp³-hybridized carbons (Fsp3) is 0.423. The van der Waals surface area contributed by atoms with Crippen molar-refractivity contribution in [1.82, 2.24) is 9.29 Å². The molecule has 2 aromatic carbocycles. The Morgan fingerprint density at radius 2 is 1.91 bits per heavy atom. The van der Waals surface area contributed by atoms with Crippen LogP contribution in [0.3, 0.4) is 0 Å². The van der Waals surface area contributed by atoms with Gasteiger partial charge in [0.05, 0.1) is 22.6 Å². The van der Waals surface area contributed by atoms with Crippen molar-refractivity contribution < 1.29 is 13.2 Å². The van der Waals surface area contributed by atoms with Crippen molar-refractivity contribution in [1.29, 1.82) is 0 Å². The minimum atomic E-state index is -3.85. The van der Waals surface area contributed by atoms with Crippen LogP contribution in [0.4, 0.5) is 5.69 Å². The lowest BCUT2D eigenvalue weighted by Crippen LogP contribution is -2.42. The number of likely N-dealkylation sites (N-methyl/N-ethyl adjacent to an activating group) is 1. The molecule has 1 saturated carbocycles. The normalized spacial score (nSPS) is 17.1. The molecule has 1 N–H and O–H groups in total. The molecule has 180 valence electrons. The summed E-state index contributed by atoms with van der Waals surface area (Å²) in [5, 5.41) is 0.904. The molecule has 1 aliphatic heterocycles. The van der Waals surface area contributed by atoms with Crippen LogP contribution in [0.15, 0.2) is 52.2 Å². The molecule has 3 aromatic rings. The van der Waals surface area contributed by atoms with Crippen molar-refractivity contribution in [3.63, 3.8) is 0 Å². The van der Waals surface area contributed by atoms with E-state index >= 15 is 0 Å². The van der Waals surface area contributed by atoms with Gasteiger partial charge in [-0.15, -0.1) is 0 Å². The Bertz CT molecular complexity index is 1380. The van der Waals surface area contributed by atoms with E-state index in [1.165, 1.54) is 0 Å². The molecule has 1 aliphatic carbocycles. The molecule has 34 heavy (non-hydrogen) atoms. The quantitative estimate of drug-likeness (QED) is 0.591. The topological polar surface area (TPSA) is 82.7 Å². The van der Waals surface area contributed by atoms with E-state index in [0.29, 0.717) is 17.9 Å². The van der Waals surface area contributed by atoms with Crippen molar-refractivity contribution >= 4 is 26.6 Å². The molecule has 0 amide bonds. The van der Waals surface area contributed by atoms with Crippen molar-refractivity contribution in [3.05, 3.63) is 63.9 Å². The lowest BCUT2D eigenvalue weighted by Gasteiger charge is -2.34. The van der Waals surface area contributed by atoms with Crippen molar-refractivity contribution in [2.45, 2.75) is 56.5 Å². The maximum Gasteiger partial charge on any atom is 0.252 e. The number of nitrogens with one attached hydrogen (secondary N) is 1. The van der Waals surface area contributed by atoms with Gasteiger partial charge in [0.15, 0.2) is 0 Å². The molecule has 0 saturated heterocycles. The number of ether oxygens (including phenoxy) is 1. The van der Waals surface area contributed by atoms with Gasteiger partial charge in [0.2, 0.25) is 10.0 Å². The van der Waals surface area contributed by atoms with Crippen LogP contribution in [0.25, 0.3) is 10.9 Å². The summed E-state index contributed by atoms with van der Waals surface area (Å²) >= 11 is 0. The monoisotopic (exact) mass is 481 g/mol. The van der Waals surface area contributed by atoms with Crippen LogP contribution >= 0.6 is 0 Å². The zero-order valence-electron chi connectivity index (χ0n) is 19.7. The number of H-pyrrole nitrogens is 1. The fourth-order valence-corrected chi connectivity index (χ4v) is 6.81. The van der Waals surface area contributed by atoms with Gasteiger partial charge >= 0.3 is 0 Å². The number of benzene rings is 2. The summed E-state index contributed by atoms with van der Waals surface area (Å²) in [5.41, 5.74) is 2.88. The Balaban J connectivity index is 1.56. The molecule has 5 rings (SSSR count). The number of pyridine rings is 1. The molecule has 8 heteroatoms. The second kappa shape index (κ2) is 9.07. The smallest absolute Gasteiger partial charge is 0.252 e. The average molecular weight is 482 g/mol. The molecule has 0 bridgehead atoms.